The van der Waals surface area contributed by atoms with E-state index in [1.54, 1.807) is 0 Å². The van der Waals surface area contributed by atoms with Crippen molar-refractivity contribution in [3.63, 3.8) is 0 Å². The highest BCUT2D eigenvalue weighted by atomic mass is 16.6. The molecule has 1 aliphatic rings. The SMILES string of the molecule is CCCCCCCCN(CCCCCCCC)C(=O)COC1(CC(C)(C)C)COc2ccccc2OCCOCCOc2ccccc2OC1. The van der Waals surface area contributed by atoms with Crippen LogP contribution in [0.25, 0.3) is 0 Å². The van der Waals surface area contributed by atoms with Crippen molar-refractivity contribution in [2.45, 2.75) is 124 Å². The van der Waals surface area contributed by atoms with E-state index in [1.165, 1.54) is 51.4 Å². The van der Waals surface area contributed by atoms with Crippen LogP contribution in [0, 0.1) is 5.41 Å². The molecule has 0 fully saturated rings. The summed E-state index contributed by atoms with van der Waals surface area (Å²) in [4.78, 5) is 16.1. The molecule has 3 rings (SSSR count). The quantitative estimate of drug-likeness (QED) is 0.144. The highest BCUT2D eigenvalue weighted by Gasteiger charge is 2.39. The number of fused-ring (bicyclic) bond motifs is 2. The molecule has 0 bridgehead atoms. The summed E-state index contributed by atoms with van der Waals surface area (Å²) in [5, 5.41) is 0. The number of ether oxygens (including phenoxy) is 6. The number of rotatable bonds is 18. The maximum atomic E-state index is 14.0. The van der Waals surface area contributed by atoms with Crippen LogP contribution in [-0.4, -0.2) is 75.7 Å². The lowest BCUT2D eigenvalue weighted by Gasteiger charge is -2.38. The number of unbranched alkanes of at least 4 members (excludes halogenated alkanes) is 10. The topological polar surface area (TPSA) is 75.7 Å². The minimum Gasteiger partial charge on any atom is -0.487 e. The van der Waals surface area contributed by atoms with Gasteiger partial charge in [-0.25, -0.2) is 0 Å². The Bertz CT molecular complexity index is 1130. The second-order valence-electron chi connectivity index (χ2n) is 14.9. The maximum Gasteiger partial charge on any atom is 0.248 e. The second kappa shape index (κ2) is 23.5. The molecule has 0 saturated heterocycles. The Morgan fingerprint density at radius 2 is 1.06 bits per heavy atom. The van der Waals surface area contributed by atoms with Gasteiger partial charge in [0.1, 0.15) is 38.6 Å². The lowest BCUT2D eigenvalue weighted by atomic mass is 9.82. The van der Waals surface area contributed by atoms with Gasteiger partial charge in [-0.05, 0) is 48.9 Å². The Morgan fingerprint density at radius 3 is 1.50 bits per heavy atom. The van der Waals surface area contributed by atoms with Crippen LogP contribution in [0.3, 0.4) is 0 Å². The number of hydrogen-bond acceptors (Lipinski definition) is 7. The van der Waals surface area contributed by atoms with Crippen molar-refractivity contribution in [2.75, 3.05) is 59.3 Å². The summed E-state index contributed by atoms with van der Waals surface area (Å²) in [6.45, 7) is 14.5. The van der Waals surface area contributed by atoms with Gasteiger partial charge in [-0.1, -0.05) is 123 Å². The molecule has 8 nitrogen and oxygen atoms in total. The van der Waals surface area contributed by atoms with E-state index in [0.29, 0.717) is 55.8 Å². The molecule has 0 radical (unpaired) electrons. The highest BCUT2D eigenvalue weighted by Crippen LogP contribution is 2.35. The van der Waals surface area contributed by atoms with Crippen molar-refractivity contribution < 1.29 is 33.2 Å². The summed E-state index contributed by atoms with van der Waals surface area (Å²) < 4.78 is 37.7. The molecule has 1 amide bonds. The fourth-order valence-corrected chi connectivity index (χ4v) is 6.40. The van der Waals surface area contributed by atoms with Crippen LogP contribution >= 0.6 is 0 Å². The minimum absolute atomic E-state index is 0.0278. The summed E-state index contributed by atoms with van der Waals surface area (Å²) in [5.41, 5.74) is -1.10. The summed E-state index contributed by atoms with van der Waals surface area (Å²) in [5.74, 6) is 2.53. The molecule has 282 valence electrons. The molecule has 50 heavy (non-hydrogen) atoms. The van der Waals surface area contributed by atoms with E-state index in [9.17, 15) is 4.79 Å². The molecular formula is C42H67NO7. The van der Waals surface area contributed by atoms with Crippen LogP contribution in [0.4, 0.5) is 0 Å². The van der Waals surface area contributed by atoms with Gasteiger partial charge < -0.3 is 33.3 Å². The number of hydrogen-bond donors (Lipinski definition) is 0. The molecule has 1 heterocycles. The van der Waals surface area contributed by atoms with Gasteiger partial charge >= 0.3 is 0 Å². The van der Waals surface area contributed by atoms with Gasteiger partial charge in [0.05, 0.1) is 13.2 Å². The zero-order valence-corrected chi connectivity index (χ0v) is 32.0. The van der Waals surface area contributed by atoms with Crippen LogP contribution in [-0.2, 0) is 14.3 Å². The normalized spacial score (nSPS) is 15.4. The van der Waals surface area contributed by atoms with Crippen LogP contribution < -0.4 is 18.9 Å². The number of carbonyl (C=O) groups excluding carboxylic acids is 1. The van der Waals surface area contributed by atoms with Crippen LogP contribution in [0.15, 0.2) is 48.5 Å². The first kappa shape index (κ1) is 41.5. The fraction of sp³-hybridized carbons (Fsp3) is 0.690. The average Bonchev–Trinajstić information content (AvgIpc) is 3.10. The predicted molar refractivity (Wildman–Crippen MR) is 202 cm³/mol. The number of nitrogens with zero attached hydrogens (tertiary/aromatic N) is 1. The Morgan fingerprint density at radius 1 is 0.640 bits per heavy atom. The Hall–Kier alpha value is -2.97. The zero-order chi connectivity index (χ0) is 35.9. The Balaban J connectivity index is 1.84. The summed E-state index contributed by atoms with van der Waals surface area (Å²) in [6.07, 6.45) is 14.9. The van der Waals surface area contributed by atoms with E-state index >= 15 is 0 Å². The van der Waals surface area contributed by atoms with E-state index in [2.05, 4.69) is 34.6 Å². The molecule has 2 aromatic rings. The standard InChI is InChI=1S/C42H67NO7/c1-6-8-10-12-14-20-26-43(27-21-15-13-11-9-7-2)40(44)32-50-42(33-41(3,4)5)34-48-38-24-18-16-22-36(38)46-30-28-45-29-31-47-37-23-17-19-25-39(37)49-35-42/h16-19,22-25H,6-15,20-21,26-35H2,1-5H3. The first-order valence-corrected chi connectivity index (χ1v) is 19.4. The van der Waals surface area contributed by atoms with Crippen LogP contribution in [0.2, 0.25) is 0 Å². The van der Waals surface area contributed by atoms with Crippen molar-refractivity contribution in [2.24, 2.45) is 5.41 Å². The molecule has 0 unspecified atom stereocenters. The molecule has 1 aliphatic heterocycles. The van der Waals surface area contributed by atoms with Crippen LogP contribution in [0.1, 0.15) is 118 Å². The smallest absolute Gasteiger partial charge is 0.248 e. The van der Waals surface area contributed by atoms with Gasteiger partial charge in [0, 0.05) is 13.1 Å². The van der Waals surface area contributed by atoms with Gasteiger partial charge in [0.2, 0.25) is 5.91 Å². The summed E-state index contributed by atoms with van der Waals surface area (Å²) in [6, 6.07) is 15.3. The third kappa shape index (κ3) is 16.4. The Kier molecular flexibility index (Phi) is 19.5. The van der Waals surface area contributed by atoms with Crippen molar-refractivity contribution in [1.29, 1.82) is 0 Å². The van der Waals surface area contributed by atoms with Crippen LogP contribution in [0.5, 0.6) is 23.0 Å². The first-order chi connectivity index (χ1) is 24.3. The van der Waals surface area contributed by atoms with Gasteiger partial charge in [-0.2, -0.15) is 0 Å². The monoisotopic (exact) mass is 697 g/mol. The maximum absolute atomic E-state index is 14.0. The molecule has 0 saturated carbocycles. The lowest BCUT2D eigenvalue weighted by molar-refractivity contribution is -0.154. The summed E-state index contributed by atoms with van der Waals surface area (Å²) in [7, 11) is 0. The molecule has 0 atom stereocenters. The number of amides is 1. The van der Waals surface area contributed by atoms with Gasteiger partial charge in [-0.15, -0.1) is 0 Å². The van der Waals surface area contributed by atoms with E-state index in [-0.39, 0.29) is 31.1 Å². The minimum atomic E-state index is -0.944. The Labute approximate surface area is 303 Å². The third-order valence-electron chi connectivity index (χ3n) is 8.92. The second-order valence-corrected chi connectivity index (χ2v) is 14.9. The van der Waals surface area contributed by atoms with Gasteiger partial charge in [-0.3, -0.25) is 4.79 Å². The van der Waals surface area contributed by atoms with Gasteiger partial charge in [0.25, 0.3) is 0 Å². The fourth-order valence-electron chi connectivity index (χ4n) is 6.40. The molecular weight excluding hydrogens is 630 g/mol. The van der Waals surface area contributed by atoms with Crippen molar-refractivity contribution in [3.8, 4) is 23.0 Å². The molecule has 0 aliphatic carbocycles. The largest absolute Gasteiger partial charge is 0.487 e. The third-order valence-corrected chi connectivity index (χ3v) is 8.92. The van der Waals surface area contributed by atoms with Crippen molar-refractivity contribution in [3.05, 3.63) is 48.5 Å². The number of carbonyl (C=O) groups is 1. The average molecular weight is 698 g/mol. The number of benzene rings is 2. The van der Waals surface area contributed by atoms with Crippen molar-refractivity contribution >= 4 is 5.91 Å². The first-order valence-electron chi connectivity index (χ1n) is 19.4. The molecule has 8 heteroatoms. The summed E-state index contributed by atoms with van der Waals surface area (Å²) >= 11 is 0. The molecule has 0 N–H and O–H groups in total. The predicted octanol–water partition coefficient (Wildman–Crippen LogP) is 9.67. The highest BCUT2D eigenvalue weighted by molar-refractivity contribution is 5.77. The molecule has 2 aromatic carbocycles. The molecule has 0 aromatic heterocycles. The lowest BCUT2D eigenvalue weighted by Crippen LogP contribution is -2.50. The number of para-hydroxylation sites is 4. The van der Waals surface area contributed by atoms with E-state index in [1.807, 2.05) is 53.4 Å². The van der Waals surface area contributed by atoms with Gasteiger partial charge in [0.15, 0.2) is 23.0 Å². The van der Waals surface area contributed by atoms with E-state index in [4.69, 9.17) is 28.4 Å². The van der Waals surface area contributed by atoms with Crippen molar-refractivity contribution in [1.82, 2.24) is 4.90 Å². The van der Waals surface area contributed by atoms with E-state index in [0.717, 1.165) is 38.8 Å². The van der Waals surface area contributed by atoms with E-state index < -0.39 is 5.60 Å². The molecule has 0 spiro atoms. The zero-order valence-electron chi connectivity index (χ0n) is 32.0.